The summed E-state index contributed by atoms with van der Waals surface area (Å²) in [6, 6.07) is 8.09. The molecule has 1 aliphatic rings. The van der Waals surface area contributed by atoms with Crippen LogP contribution in [0.1, 0.15) is 18.4 Å². The van der Waals surface area contributed by atoms with Gasteiger partial charge in [-0.3, -0.25) is 4.79 Å². The number of likely N-dealkylation sites (tertiary alicyclic amines) is 1. The first-order valence-corrected chi connectivity index (χ1v) is 7.97. The van der Waals surface area contributed by atoms with E-state index in [0.717, 1.165) is 31.5 Å². The summed E-state index contributed by atoms with van der Waals surface area (Å²) in [4.78, 5) is 15.4. The number of carbonyl (C=O) groups is 1. The maximum atomic E-state index is 12.3. The van der Waals surface area contributed by atoms with E-state index in [1.807, 2.05) is 29.4 Å². The van der Waals surface area contributed by atoms with E-state index in [9.17, 15) is 4.79 Å². The molecule has 0 saturated carbocycles. The second-order valence-corrected chi connectivity index (χ2v) is 5.84. The number of carbonyl (C=O) groups excluding carboxylic acids is 1. The lowest BCUT2D eigenvalue weighted by atomic mass is 9.97. The molecular weight excluding hydrogens is 258 g/mol. The number of amides is 1. The molecule has 0 spiro atoms. The lowest BCUT2D eigenvalue weighted by Gasteiger charge is -2.31. The fourth-order valence-corrected chi connectivity index (χ4v) is 3.11. The Labute approximate surface area is 119 Å². The van der Waals surface area contributed by atoms with Crippen LogP contribution in [0.15, 0.2) is 29.2 Å². The summed E-state index contributed by atoms with van der Waals surface area (Å²) in [6.07, 6.45) is 4.37. The van der Waals surface area contributed by atoms with Crippen molar-refractivity contribution in [1.29, 1.82) is 0 Å². The fraction of sp³-hybridized carbons (Fsp3) is 0.533. The Morgan fingerprint density at radius 1 is 1.37 bits per heavy atom. The third-order valence-electron chi connectivity index (χ3n) is 3.76. The average Bonchev–Trinajstić information content (AvgIpc) is 2.48. The lowest BCUT2D eigenvalue weighted by molar-refractivity contribution is -0.132. The second kappa shape index (κ2) is 6.96. The number of rotatable bonds is 4. The monoisotopic (exact) mass is 279 g/mol. The number of hydrogen-bond donors (Lipinski definition) is 1. The first-order valence-electron chi connectivity index (χ1n) is 6.75. The molecule has 1 fully saturated rings. The Morgan fingerprint density at radius 3 is 2.68 bits per heavy atom. The van der Waals surface area contributed by atoms with E-state index in [4.69, 9.17) is 5.11 Å². The van der Waals surface area contributed by atoms with Gasteiger partial charge in [0.25, 0.3) is 0 Å². The molecule has 2 rings (SSSR count). The van der Waals surface area contributed by atoms with Gasteiger partial charge in [0.15, 0.2) is 0 Å². The highest BCUT2D eigenvalue weighted by Crippen LogP contribution is 2.22. The van der Waals surface area contributed by atoms with Crippen LogP contribution < -0.4 is 0 Å². The van der Waals surface area contributed by atoms with Crippen LogP contribution in [0, 0.1) is 5.92 Å². The fourth-order valence-electron chi connectivity index (χ4n) is 2.49. The third kappa shape index (κ3) is 3.74. The zero-order chi connectivity index (χ0) is 13.7. The second-order valence-electron chi connectivity index (χ2n) is 5.00. The molecule has 1 aromatic rings. The third-order valence-corrected chi connectivity index (χ3v) is 4.60. The van der Waals surface area contributed by atoms with E-state index < -0.39 is 0 Å². The summed E-state index contributed by atoms with van der Waals surface area (Å²) in [7, 11) is 0. The van der Waals surface area contributed by atoms with Crippen LogP contribution in [0.4, 0.5) is 0 Å². The maximum Gasteiger partial charge on any atom is 0.227 e. The summed E-state index contributed by atoms with van der Waals surface area (Å²) in [6.45, 7) is 1.81. The normalized spacial score (nSPS) is 16.6. The molecule has 1 aliphatic heterocycles. The molecule has 1 heterocycles. The van der Waals surface area contributed by atoms with Crippen molar-refractivity contribution in [2.75, 3.05) is 26.0 Å². The van der Waals surface area contributed by atoms with Gasteiger partial charge in [0.2, 0.25) is 5.91 Å². The molecule has 0 aliphatic carbocycles. The predicted octanol–water partition coefficient (Wildman–Crippen LogP) is 2.18. The van der Waals surface area contributed by atoms with Gasteiger partial charge in [0.05, 0.1) is 6.42 Å². The van der Waals surface area contributed by atoms with E-state index in [0.29, 0.717) is 12.3 Å². The molecule has 0 aromatic heterocycles. The van der Waals surface area contributed by atoms with Crippen molar-refractivity contribution in [3.8, 4) is 0 Å². The van der Waals surface area contributed by atoms with E-state index >= 15 is 0 Å². The van der Waals surface area contributed by atoms with E-state index in [1.54, 1.807) is 11.8 Å². The summed E-state index contributed by atoms with van der Waals surface area (Å²) >= 11 is 1.68. The van der Waals surface area contributed by atoms with Crippen LogP contribution in [0.3, 0.4) is 0 Å². The summed E-state index contributed by atoms with van der Waals surface area (Å²) in [5, 5.41) is 9.11. The summed E-state index contributed by atoms with van der Waals surface area (Å²) in [5.41, 5.74) is 1.12. The first kappa shape index (κ1) is 14.4. The number of nitrogens with zero attached hydrogens (tertiary/aromatic N) is 1. The highest BCUT2D eigenvalue weighted by Gasteiger charge is 2.22. The number of piperidine rings is 1. The Kier molecular flexibility index (Phi) is 5.28. The molecule has 104 valence electrons. The Morgan fingerprint density at radius 2 is 2.05 bits per heavy atom. The molecule has 4 heteroatoms. The number of thioether (sulfide) groups is 1. The van der Waals surface area contributed by atoms with E-state index in [1.165, 1.54) is 4.90 Å². The minimum atomic E-state index is 0.206. The standard InChI is InChI=1S/C15H21NO2S/c1-19-14-5-3-2-4-13(14)10-15(18)16-8-6-12(11-17)7-9-16/h2-5,12,17H,6-11H2,1H3. The van der Waals surface area contributed by atoms with Gasteiger partial charge < -0.3 is 10.0 Å². The topological polar surface area (TPSA) is 40.5 Å². The van der Waals surface area contributed by atoms with Gasteiger partial charge in [-0.1, -0.05) is 18.2 Å². The molecule has 1 amide bonds. The van der Waals surface area contributed by atoms with Crippen LogP contribution in [0.2, 0.25) is 0 Å². The van der Waals surface area contributed by atoms with E-state index in [-0.39, 0.29) is 12.5 Å². The smallest absolute Gasteiger partial charge is 0.227 e. The van der Waals surface area contributed by atoms with Crippen molar-refractivity contribution in [3.63, 3.8) is 0 Å². The molecule has 1 N–H and O–H groups in total. The number of aliphatic hydroxyl groups excluding tert-OH is 1. The Hall–Kier alpha value is -1.00. The van der Waals surface area contributed by atoms with Gasteiger partial charge in [-0.15, -0.1) is 11.8 Å². The van der Waals surface area contributed by atoms with Crippen LogP contribution in [0.5, 0.6) is 0 Å². The average molecular weight is 279 g/mol. The predicted molar refractivity (Wildman–Crippen MR) is 78.3 cm³/mol. The van der Waals surface area contributed by atoms with Crippen molar-refractivity contribution in [1.82, 2.24) is 4.90 Å². The number of aliphatic hydroxyl groups is 1. The molecule has 1 saturated heterocycles. The van der Waals surface area contributed by atoms with Crippen LogP contribution >= 0.6 is 11.8 Å². The molecule has 3 nitrogen and oxygen atoms in total. The number of hydrogen-bond acceptors (Lipinski definition) is 3. The SMILES string of the molecule is CSc1ccccc1CC(=O)N1CCC(CO)CC1. The highest BCUT2D eigenvalue weighted by molar-refractivity contribution is 7.98. The quantitative estimate of drug-likeness (QED) is 0.859. The van der Waals surface area contributed by atoms with Crippen molar-refractivity contribution >= 4 is 17.7 Å². The number of benzene rings is 1. The van der Waals surface area contributed by atoms with Gasteiger partial charge >= 0.3 is 0 Å². The lowest BCUT2D eigenvalue weighted by Crippen LogP contribution is -2.40. The summed E-state index contributed by atoms with van der Waals surface area (Å²) in [5.74, 6) is 0.584. The maximum absolute atomic E-state index is 12.3. The van der Waals surface area contributed by atoms with Gasteiger partial charge in [-0.05, 0) is 36.6 Å². The molecule has 0 radical (unpaired) electrons. The van der Waals surface area contributed by atoms with Crippen molar-refractivity contribution in [3.05, 3.63) is 29.8 Å². The van der Waals surface area contributed by atoms with Gasteiger partial charge in [-0.25, -0.2) is 0 Å². The molecule has 1 aromatic carbocycles. The molecule has 0 atom stereocenters. The first-order chi connectivity index (χ1) is 9.24. The Balaban J connectivity index is 1.94. The Bertz CT molecular complexity index is 428. The van der Waals surface area contributed by atoms with Crippen LogP contribution in [-0.4, -0.2) is 41.9 Å². The largest absolute Gasteiger partial charge is 0.396 e. The van der Waals surface area contributed by atoms with E-state index in [2.05, 4.69) is 6.07 Å². The molecular formula is C15H21NO2S. The van der Waals surface area contributed by atoms with Crippen LogP contribution in [-0.2, 0) is 11.2 Å². The highest BCUT2D eigenvalue weighted by atomic mass is 32.2. The van der Waals surface area contributed by atoms with Crippen molar-refractivity contribution < 1.29 is 9.90 Å². The van der Waals surface area contributed by atoms with Crippen molar-refractivity contribution in [2.45, 2.75) is 24.2 Å². The minimum Gasteiger partial charge on any atom is -0.396 e. The molecule has 19 heavy (non-hydrogen) atoms. The zero-order valence-corrected chi connectivity index (χ0v) is 12.2. The van der Waals surface area contributed by atoms with Crippen molar-refractivity contribution in [2.24, 2.45) is 5.92 Å². The van der Waals surface area contributed by atoms with Crippen LogP contribution in [0.25, 0.3) is 0 Å². The minimum absolute atomic E-state index is 0.206. The van der Waals surface area contributed by atoms with Gasteiger partial charge in [0, 0.05) is 24.6 Å². The molecule has 0 unspecified atom stereocenters. The zero-order valence-electron chi connectivity index (χ0n) is 11.3. The van der Waals surface area contributed by atoms with Gasteiger partial charge in [0.1, 0.15) is 0 Å². The molecule has 0 bridgehead atoms. The summed E-state index contributed by atoms with van der Waals surface area (Å²) < 4.78 is 0. The van der Waals surface area contributed by atoms with Gasteiger partial charge in [-0.2, -0.15) is 0 Å².